The number of methoxy groups -OCH3 is 2. The van der Waals surface area contributed by atoms with E-state index in [0.717, 1.165) is 16.3 Å². The minimum absolute atomic E-state index is 0.350. The van der Waals surface area contributed by atoms with Gasteiger partial charge < -0.3 is 14.2 Å². The Hall–Kier alpha value is -3.54. The summed E-state index contributed by atoms with van der Waals surface area (Å²) in [6.45, 7) is 2.42. The average Bonchev–Trinajstić information content (AvgIpc) is 2.73. The lowest BCUT2D eigenvalue weighted by Crippen LogP contribution is -2.18. The molecule has 0 bridgehead atoms. The molecule has 144 valence electrons. The van der Waals surface area contributed by atoms with E-state index in [0.29, 0.717) is 29.4 Å². The third-order valence-corrected chi connectivity index (χ3v) is 4.18. The van der Waals surface area contributed by atoms with E-state index in [2.05, 4.69) is 10.5 Å². The molecular formula is C22H22N2O4. The molecule has 3 aromatic carbocycles. The molecule has 0 radical (unpaired) electrons. The minimum Gasteiger partial charge on any atom is -0.496 e. The summed E-state index contributed by atoms with van der Waals surface area (Å²) < 4.78 is 16.2. The Morgan fingerprint density at radius 2 is 1.68 bits per heavy atom. The van der Waals surface area contributed by atoms with Crippen molar-refractivity contribution in [1.29, 1.82) is 0 Å². The number of carbonyl (C=O) groups excluding carboxylic acids is 1. The molecule has 0 unspecified atom stereocenters. The number of benzene rings is 3. The molecule has 1 amide bonds. The first-order chi connectivity index (χ1) is 13.7. The number of ether oxygens (including phenoxy) is 3. The molecule has 1 N–H and O–H groups in total. The summed E-state index contributed by atoms with van der Waals surface area (Å²) in [5, 5.41) is 6.01. The van der Waals surface area contributed by atoms with Crippen molar-refractivity contribution in [3.63, 3.8) is 0 Å². The molecule has 0 atom stereocenters. The second kappa shape index (κ2) is 8.90. The van der Waals surface area contributed by atoms with Crippen LogP contribution in [0.25, 0.3) is 10.8 Å². The zero-order valence-electron chi connectivity index (χ0n) is 16.1. The number of hydrazone groups is 1. The van der Waals surface area contributed by atoms with Crippen molar-refractivity contribution in [3.05, 3.63) is 65.7 Å². The Balaban J connectivity index is 1.78. The van der Waals surface area contributed by atoms with E-state index >= 15 is 0 Å². The summed E-state index contributed by atoms with van der Waals surface area (Å²) in [5.74, 6) is 1.41. The first-order valence-electron chi connectivity index (χ1n) is 8.87. The van der Waals surface area contributed by atoms with Gasteiger partial charge >= 0.3 is 0 Å². The fourth-order valence-corrected chi connectivity index (χ4v) is 2.83. The monoisotopic (exact) mass is 378 g/mol. The van der Waals surface area contributed by atoms with Crippen molar-refractivity contribution in [3.8, 4) is 17.2 Å². The predicted molar refractivity (Wildman–Crippen MR) is 110 cm³/mol. The lowest BCUT2D eigenvalue weighted by atomic mass is 10.1. The van der Waals surface area contributed by atoms with Crippen LogP contribution in [-0.2, 0) is 0 Å². The molecule has 0 saturated carbocycles. The SMILES string of the molecule is CCOc1cc(C=NNC(=O)c2cc3ccccc3cc2OC)ccc1OC. The molecular weight excluding hydrogens is 356 g/mol. The number of nitrogens with one attached hydrogen (secondary N) is 1. The predicted octanol–water partition coefficient (Wildman–Crippen LogP) is 4.02. The number of carbonyl (C=O) groups is 1. The maximum absolute atomic E-state index is 12.6. The Morgan fingerprint density at radius 1 is 0.964 bits per heavy atom. The molecule has 3 aromatic rings. The van der Waals surface area contributed by atoms with Crippen LogP contribution in [-0.4, -0.2) is 32.9 Å². The average molecular weight is 378 g/mol. The summed E-state index contributed by atoms with van der Waals surface area (Å²) >= 11 is 0. The second-order valence-corrected chi connectivity index (χ2v) is 5.94. The van der Waals surface area contributed by atoms with E-state index in [1.165, 1.54) is 7.11 Å². The summed E-state index contributed by atoms with van der Waals surface area (Å²) in [7, 11) is 3.12. The highest BCUT2D eigenvalue weighted by Gasteiger charge is 2.13. The number of rotatable bonds is 7. The third-order valence-electron chi connectivity index (χ3n) is 4.18. The van der Waals surface area contributed by atoms with E-state index < -0.39 is 0 Å². The van der Waals surface area contributed by atoms with Gasteiger partial charge in [-0.15, -0.1) is 0 Å². The number of amides is 1. The molecule has 0 aliphatic carbocycles. The molecule has 0 aliphatic rings. The van der Waals surface area contributed by atoms with Crippen LogP contribution in [0.1, 0.15) is 22.8 Å². The normalized spacial score (nSPS) is 10.8. The van der Waals surface area contributed by atoms with Gasteiger partial charge in [0.1, 0.15) is 5.75 Å². The van der Waals surface area contributed by atoms with Gasteiger partial charge in [0.05, 0.1) is 32.6 Å². The Kier molecular flexibility index (Phi) is 6.11. The first-order valence-corrected chi connectivity index (χ1v) is 8.87. The van der Waals surface area contributed by atoms with Crippen LogP contribution in [0.3, 0.4) is 0 Å². The van der Waals surface area contributed by atoms with Gasteiger partial charge in [-0.05, 0) is 53.6 Å². The maximum atomic E-state index is 12.6. The van der Waals surface area contributed by atoms with Crippen LogP contribution in [0.5, 0.6) is 17.2 Å². The van der Waals surface area contributed by atoms with Crippen molar-refractivity contribution in [2.75, 3.05) is 20.8 Å². The highest BCUT2D eigenvalue weighted by Crippen LogP contribution is 2.28. The van der Waals surface area contributed by atoms with Crippen molar-refractivity contribution < 1.29 is 19.0 Å². The fraction of sp³-hybridized carbons (Fsp3) is 0.182. The van der Waals surface area contributed by atoms with E-state index in [4.69, 9.17) is 14.2 Å². The van der Waals surface area contributed by atoms with Gasteiger partial charge in [0.25, 0.3) is 5.91 Å². The van der Waals surface area contributed by atoms with E-state index in [1.54, 1.807) is 31.5 Å². The molecule has 0 spiro atoms. The van der Waals surface area contributed by atoms with Crippen molar-refractivity contribution >= 4 is 22.9 Å². The molecule has 0 aromatic heterocycles. The topological polar surface area (TPSA) is 69.2 Å². The highest BCUT2D eigenvalue weighted by molar-refractivity contribution is 6.02. The van der Waals surface area contributed by atoms with Gasteiger partial charge in [-0.25, -0.2) is 5.43 Å². The first kappa shape index (κ1) is 19.2. The molecule has 0 heterocycles. The number of hydrogen-bond acceptors (Lipinski definition) is 5. The molecule has 3 rings (SSSR count). The van der Waals surface area contributed by atoms with Gasteiger partial charge in [0, 0.05) is 0 Å². The van der Waals surface area contributed by atoms with Gasteiger partial charge in [0.2, 0.25) is 0 Å². The molecule has 0 saturated heterocycles. The van der Waals surface area contributed by atoms with Gasteiger partial charge in [-0.2, -0.15) is 5.10 Å². The fourth-order valence-electron chi connectivity index (χ4n) is 2.83. The van der Waals surface area contributed by atoms with Crippen LogP contribution in [0.15, 0.2) is 59.7 Å². The number of nitrogens with zero attached hydrogens (tertiary/aromatic N) is 1. The van der Waals surface area contributed by atoms with Gasteiger partial charge in [-0.1, -0.05) is 24.3 Å². The van der Waals surface area contributed by atoms with E-state index in [-0.39, 0.29) is 5.91 Å². The molecule has 6 nitrogen and oxygen atoms in total. The Morgan fingerprint density at radius 3 is 2.36 bits per heavy atom. The van der Waals surface area contributed by atoms with Crippen LogP contribution in [0, 0.1) is 0 Å². The summed E-state index contributed by atoms with van der Waals surface area (Å²) in [6, 6.07) is 16.8. The van der Waals surface area contributed by atoms with E-state index in [9.17, 15) is 4.79 Å². The second-order valence-electron chi connectivity index (χ2n) is 5.94. The van der Waals surface area contributed by atoms with Gasteiger partial charge in [0.15, 0.2) is 11.5 Å². The molecule has 0 fully saturated rings. The zero-order valence-corrected chi connectivity index (χ0v) is 16.1. The van der Waals surface area contributed by atoms with Crippen molar-refractivity contribution in [2.45, 2.75) is 6.92 Å². The zero-order chi connectivity index (χ0) is 19.9. The summed E-state index contributed by atoms with van der Waals surface area (Å²) in [4.78, 5) is 12.6. The van der Waals surface area contributed by atoms with Crippen molar-refractivity contribution in [2.24, 2.45) is 5.10 Å². The maximum Gasteiger partial charge on any atom is 0.275 e. The molecule has 6 heteroatoms. The molecule has 28 heavy (non-hydrogen) atoms. The molecule has 0 aliphatic heterocycles. The van der Waals surface area contributed by atoms with Crippen molar-refractivity contribution in [1.82, 2.24) is 5.43 Å². The smallest absolute Gasteiger partial charge is 0.275 e. The largest absolute Gasteiger partial charge is 0.496 e. The standard InChI is InChI=1S/C22H22N2O4/c1-4-28-21-11-15(9-10-19(21)26-2)14-23-24-22(25)18-12-16-7-5-6-8-17(16)13-20(18)27-3/h5-14H,4H2,1-3H3,(H,24,25). The van der Waals surface area contributed by atoms with Crippen LogP contribution >= 0.6 is 0 Å². The highest BCUT2D eigenvalue weighted by atomic mass is 16.5. The number of fused-ring (bicyclic) bond motifs is 1. The van der Waals surface area contributed by atoms with Crippen LogP contribution < -0.4 is 19.6 Å². The quantitative estimate of drug-likeness (QED) is 0.498. The summed E-state index contributed by atoms with van der Waals surface area (Å²) in [6.07, 6.45) is 1.55. The number of hydrogen-bond donors (Lipinski definition) is 1. The lowest BCUT2D eigenvalue weighted by Gasteiger charge is -2.10. The summed E-state index contributed by atoms with van der Waals surface area (Å²) in [5.41, 5.74) is 3.74. The van der Waals surface area contributed by atoms with E-state index in [1.807, 2.05) is 43.3 Å². The Labute approximate surface area is 163 Å². The lowest BCUT2D eigenvalue weighted by molar-refractivity contribution is 0.0952. The minimum atomic E-state index is -0.350. The Bertz CT molecular complexity index is 1010. The van der Waals surface area contributed by atoms with Crippen LogP contribution in [0.4, 0.5) is 0 Å². The van der Waals surface area contributed by atoms with Crippen LogP contribution in [0.2, 0.25) is 0 Å². The third kappa shape index (κ3) is 4.23. The van der Waals surface area contributed by atoms with Gasteiger partial charge in [-0.3, -0.25) is 4.79 Å².